The molecule has 0 atom stereocenters. The average Bonchev–Trinajstić information content (AvgIpc) is 3.17. The smallest absolute Gasteiger partial charge is 0.378 e. The van der Waals surface area contributed by atoms with Crippen LogP contribution in [0.25, 0.3) is 0 Å². The third-order valence-corrected chi connectivity index (χ3v) is 6.89. The zero-order valence-corrected chi connectivity index (χ0v) is 17.1. The Kier molecular flexibility index (Phi) is 8.81. The van der Waals surface area contributed by atoms with Crippen LogP contribution in [0.1, 0.15) is 44.9 Å². The minimum absolute atomic E-state index is 0.101. The molecule has 7 nitrogen and oxygen atoms in total. The Balaban J connectivity index is 1.61. The molecule has 0 radical (unpaired) electrons. The van der Waals surface area contributed by atoms with Gasteiger partial charge in [-0.3, -0.25) is 4.99 Å². The second kappa shape index (κ2) is 10.6. The highest BCUT2D eigenvalue weighted by Gasteiger charge is 2.50. The highest BCUT2D eigenvalue weighted by atomic mass is 32.2. The molecule has 0 bridgehead atoms. The molecule has 0 amide bonds. The number of rotatable bonds is 8. The van der Waals surface area contributed by atoms with Crippen LogP contribution in [0.15, 0.2) is 4.99 Å². The maximum atomic E-state index is 12.6. The SMILES string of the molecule is CN=C(NCCCOC1CCCC1)NCC1CCN(S(=O)(=O)C(F)(F)F)CC1. The quantitative estimate of drug-likeness (QED) is 0.351. The number of hydrogen-bond acceptors (Lipinski definition) is 4. The van der Waals surface area contributed by atoms with Gasteiger partial charge in [0.05, 0.1) is 6.10 Å². The molecular formula is C17H31F3N4O3S. The van der Waals surface area contributed by atoms with E-state index in [0.717, 1.165) is 19.3 Å². The van der Waals surface area contributed by atoms with Crippen molar-refractivity contribution in [3.8, 4) is 0 Å². The first-order valence-electron chi connectivity index (χ1n) is 9.86. The van der Waals surface area contributed by atoms with Gasteiger partial charge in [-0.2, -0.15) is 17.5 Å². The molecule has 11 heteroatoms. The third kappa shape index (κ3) is 6.77. The molecule has 1 aliphatic carbocycles. The molecule has 2 aliphatic rings. The molecule has 1 saturated heterocycles. The van der Waals surface area contributed by atoms with Crippen LogP contribution in [-0.4, -0.2) is 70.1 Å². The number of halogens is 3. The maximum absolute atomic E-state index is 12.6. The molecule has 28 heavy (non-hydrogen) atoms. The van der Waals surface area contributed by atoms with Gasteiger partial charge in [-0.05, 0) is 38.0 Å². The summed E-state index contributed by atoms with van der Waals surface area (Å²) >= 11 is 0. The summed E-state index contributed by atoms with van der Waals surface area (Å²) in [6.07, 6.45) is 6.85. The van der Waals surface area contributed by atoms with Gasteiger partial charge in [0.15, 0.2) is 5.96 Å². The van der Waals surface area contributed by atoms with Gasteiger partial charge in [0.1, 0.15) is 0 Å². The molecule has 1 saturated carbocycles. The van der Waals surface area contributed by atoms with E-state index in [1.165, 1.54) is 12.8 Å². The summed E-state index contributed by atoms with van der Waals surface area (Å²) in [5.41, 5.74) is -5.23. The molecule has 2 fully saturated rings. The number of aliphatic imine (C=N–C) groups is 1. The fourth-order valence-corrected chi connectivity index (χ4v) is 4.53. The molecule has 1 aliphatic heterocycles. The van der Waals surface area contributed by atoms with Gasteiger partial charge >= 0.3 is 15.5 Å². The normalized spacial score (nSPS) is 21.2. The van der Waals surface area contributed by atoms with Crippen molar-refractivity contribution >= 4 is 16.0 Å². The van der Waals surface area contributed by atoms with Crippen LogP contribution in [0.3, 0.4) is 0 Å². The fourth-order valence-electron chi connectivity index (χ4n) is 3.55. The van der Waals surface area contributed by atoms with Crippen molar-refractivity contribution in [1.29, 1.82) is 0 Å². The Morgan fingerprint density at radius 1 is 1.14 bits per heavy atom. The summed E-state index contributed by atoms with van der Waals surface area (Å²) in [6, 6.07) is 0. The zero-order valence-electron chi connectivity index (χ0n) is 16.3. The molecule has 2 N–H and O–H groups in total. The Morgan fingerprint density at radius 3 is 2.36 bits per heavy atom. The number of nitrogens with zero attached hydrogens (tertiary/aromatic N) is 2. The van der Waals surface area contributed by atoms with Crippen LogP contribution < -0.4 is 10.6 Å². The van der Waals surface area contributed by atoms with E-state index in [2.05, 4.69) is 15.6 Å². The molecule has 2 rings (SSSR count). The molecule has 0 unspecified atom stereocenters. The number of guanidine groups is 1. The van der Waals surface area contributed by atoms with Crippen LogP contribution >= 0.6 is 0 Å². The summed E-state index contributed by atoms with van der Waals surface area (Å²) < 4.78 is 67.0. The van der Waals surface area contributed by atoms with E-state index in [1.54, 1.807) is 7.05 Å². The van der Waals surface area contributed by atoms with E-state index in [-0.39, 0.29) is 19.0 Å². The largest absolute Gasteiger partial charge is 0.511 e. The number of piperidine rings is 1. The van der Waals surface area contributed by atoms with Crippen LogP contribution in [0.5, 0.6) is 0 Å². The zero-order chi connectivity index (χ0) is 20.6. The number of nitrogens with one attached hydrogen (secondary N) is 2. The van der Waals surface area contributed by atoms with Crippen molar-refractivity contribution in [3.63, 3.8) is 0 Å². The summed E-state index contributed by atoms with van der Waals surface area (Å²) in [5.74, 6) is 0.732. The predicted octanol–water partition coefficient (Wildman–Crippen LogP) is 2.06. The van der Waals surface area contributed by atoms with Crippen molar-refractivity contribution < 1.29 is 26.3 Å². The molecule has 0 aromatic heterocycles. The lowest BCUT2D eigenvalue weighted by molar-refractivity contribution is -0.0496. The number of hydrogen-bond donors (Lipinski definition) is 2. The molecule has 1 heterocycles. The Labute approximate surface area is 165 Å². The topological polar surface area (TPSA) is 83.0 Å². The summed E-state index contributed by atoms with van der Waals surface area (Å²) in [7, 11) is -3.56. The van der Waals surface area contributed by atoms with Crippen molar-refractivity contribution in [1.82, 2.24) is 14.9 Å². The second-order valence-corrected chi connectivity index (χ2v) is 9.23. The summed E-state index contributed by atoms with van der Waals surface area (Å²) in [6.45, 7) is 1.74. The van der Waals surface area contributed by atoms with Crippen molar-refractivity contribution in [2.75, 3.05) is 39.8 Å². The molecule has 164 valence electrons. The first-order chi connectivity index (χ1) is 13.2. The van der Waals surface area contributed by atoms with Crippen LogP contribution in [0, 0.1) is 5.92 Å². The third-order valence-electron chi connectivity index (χ3n) is 5.26. The van der Waals surface area contributed by atoms with Crippen LogP contribution in [0.4, 0.5) is 13.2 Å². The standard InChI is InChI=1S/C17H31F3N4O3S/c1-21-16(22-9-4-12-27-15-5-2-3-6-15)23-13-14-7-10-24(11-8-14)28(25,26)17(18,19)20/h14-15H,2-13H2,1H3,(H2,21,22,23). The van der Waals surface area contributed by atoms with E-state index in [0.29, 0.717) is 48.9 Å². The van der Waals surface area contributed by atoms with E-state index >= 15 is 0 Å². The number of alkyl halides is 3. The van der Waals surface area contributed by atoms with Crippen molar-refractivity contribution in [2.45, 2.75) is 56.6 Å². The molecule has 0 spiro atoms. The Morgan fingerprint density at radius 2 is 1.79 bits per heavy atom. The van der Waals surface area contributed by atoms with Gasteiger partial charge in [-0.1, -0.05) is 12.8 Å². The minimum atomic E-state index is -5.23. The average molecular weight is 429 g/mol. The second-order valence-electron chi connectivity index (χ2n) is 7.30. The van der Waals surface area contributed by atoms with Crippen molar-refractivity contribution in [3.05, 3.63) is 0 Å². The van der Waals surface area contributed by atoms with Crippen molar-refractivity contribution in [2.24, 2.45) is 10.9 Å². The van der Waals surface area contributed by atoms with Crippen LogP contribution in [-0.2, 0) is 14.8 Å². The summed E-state index contributed by atoms with van der Waals surface area (Å²) in [4.78, 5) is 4.13. The van der Waals surface area contributed by atoms with Gasteiger partial charge in [0, 0.05) is 39.8 Å². The monoisotopic (exact) mass is 428 g/mol. The van der Waals surface area contributed by atoms with E-state index < -0.39 is 15.5 Å². The minimum Gasteiger partial charge on any atom is -0.378 e. The van der Waals surface area contributed by atoms with E-state index in [1.807, 2.05) is 0 Å². The first kappa shape index (κ1) is 23.2. The lowest BCUT2D eigenvalue weighted by Crippen LogP contribution is -2.47. The number of ether oxygens (including phenoxy) is 1. The maximum Gasteiger partial charge on any atom is 0.511 e. The van der Waals surface area contributed by atoms with E-state index in [4.69, 9.17) is 4.74 Å². The first-order valence-corrected chi connectivity index (χ1v) is 11.3. The van der Waals surface area contributed by atoms with Gasteiger partial charge in [0.25, 0.3) is 0 Å². The predicted molar refractivity (Wildman–Crippen MR) is 101 cm³/mol. The van der Waals surface area contributed by atoms with Gasteiger partial charge in [-0.25, -0.2) is 8.42 Å². The van der Waals surface area contributed by atoms with Gasteiger partial charge < -0.3 is 15.4 Å². The lowest BCUT2D eigenvalue weighted by atomic mass is 9.98. The number of sulfonamides is 1. The van der Waals surface area contributed by atoms with E-state index in [9.17, 15) is 21.6 Å². The Bertz CT molecular complexity index is 599. The highest BCUT2D eigenvalue weighted by molar-refractivity contribution is 7.90. The Hall–Kier alpha value is -1.07. The van der Waals surface area contributed by atoms with Gasteiger partial charge in [-0.15, -0.1) is 0 Å². The fraction of sp³-hybridized carbons (Fsp3) is 0.941. The molecular weight excluding hydrogens is 397 g/mol. The lowest BCUT2D eigenvalue weighted by Gasteiger charge is -2.31. The highest BCUT2D eigenvalue weighted by Crippen LogP contribution is 2.30. The molecule has 0 aromatic carbocycles. The summed E-state index contributed by atoms with van der Waals surface area (Å²) in [5, 5.41) is 6.35. The van der Waals surface area contributed by atoms with Gasteiger partial charge in [0.2, 0.25) is 0 Å². The molecule has 0 aromatic rings. The van der Waals surface area contributed by atoms with Crippen LogP contribution in [0.2, 0.25) is 0 Å².